The Morgan fingerprint density at radius 2 is 1.62 bits per heavy atom. The molecule has 40 heavy (non-hydrogen) atoms. The van der Waals surface area contributed by atoms with Crippen LogP contribution in [0.3, 0.4) is 0 Å². The van der Waals surface area contributed by atoms with Crippen LogP contribution in [0.25, 0.3) is 0 Å². The van der Waals surface area contributed by atoms with Gasteiger partial charge in [0.05, 0.1) is 17.7 Å². The Bertz CT molecular complexity index is 1420. The quantitative estimate of drug-likeness (QED) is 0.258. The molecule has 0 aliphatic carbocycles. The number of halogens is 2. The lowest BCUT2D eigenvalue weighted by molar-refractivity contribution is -0.139. The molecule has 0 bridgehead atoms. The molecular weight excluding hydrogens is 573 g/mol. The first-order chi connectivity index (χ1) is 19.1. The second kappa shape index (κ2) is 14.4. The molecule has 1 N–H and O–H groups in total. The van der Waals surface area contributed by atoms with Gasteiger partial charge in [0.15, 0.2) is 0 Å². The summed E-state index contributed by atoms with van der Waals surface area (Å²) in [5.41, 5.74) is 0.904. The van der Waals surface area contributed by atoms with Gasteiger partial charge >= 0.3 is 0 Å². The molecule has 0 heterocycles. The normalized spacial score (nSPS) is 11.9. The number of benzene rings is 3. The zero-order valence-electron chi connectivity index (χ0n) is 22.6. The van der Waals surface area contributed by atoms with Crippen molar-refractivity contribution in [2.45, 2.75) is 44.2 Å². The number of unbranched alkanes of at least 4 members (excludes halogenated alkanes) is 1. The zero-order valence-corrected chi connectivity index (χ0v) is 25.0. The molecule has 3 rings (SSSR count). The maximum Gasteiger partial charge on any atom is 0.264 e. The van der Waals surface area contributed by atoms with Gasteiger partial charge in [0.1, 0.15) is 18.3 Å². The fourth-order valence-electron chi connectivity index (χ4n) is 3.99. The van der Waals surface area contributed by atoms with Gasteiger partial charge in [0.25, 0.3) is 10.0 Å². The summed E-state index contributed by atoms with van der Waals surface area (Å²) in [5, 5.41) is 3.64. The summed E-state index contributed by atoms with van der Waals surface area (Å²) in [6.07, 6.45) is 1.70. The van der Waals surface area contributed by atoms with E-state index in [-0.39, 0.29) is 23.0 Å². The molecule has 0 saturated heterocycles. The molecule has 8 nitrogen and oxygen atoms in total. The van der Waals surface area contributed by atoms with E-state index in [1.54, 1.807) is 49.4 Å². The molecule has 0 fully saturated rings. The lowest BCUT2D eigenvalue weighted by Gasteiger charge is -2.32. The van der Waals surface area contributed by atoms with Crippen LogP contribution in [0.5, 0.6) is 5.75 Å². The van der Waals surface area contributed by atoms with Gasteiger partial charge in [-0.2, -0.15) is 0 Å². The fourth-order valence-corrected chi connectivity index (χ4v) is 5.79. The highest BCUT2D eigenvalue weighted by Gasteiger charge is 2.32. The molecule has 0 aliphatic rings. The molecule has 11 heteroatoms. The molecule has 0 unspecified atom stereocenters. The van der Waals surface area contributed by atoms with E-state index in [2.05, 4.69) is 5.32 Å². The van der Waals surface area contributed by atoms with Crippen molar-refractivity contribution < 1.29 is 22.7 Å². The number of methoxy groups -OCH3 is 1. The van der Waals surface area contributed by atoms with Crippen molar-refractivity contribution in [2.75, 3.05) is 24.5 Å². The standard InChI is InChI=1S/C29H33Cl2N3O5S/c1-4-5-16-32-29(36)21(2)33(19-22-8-6-9-23(30)17-22)28(35)20-34(25-11-7-10-24(31)18-25)40(37,38)27-14-12-26(39-3)13-15-27/h6-15,17-18,21H,4-5,16,19-20H2,1-3H3,(H,32,36)/t21-/m0/s1. The van der Waals surface area contributed by atoms with Gasteiger partial charge in [-0.15, -0.1) is 0 Å². The summed E-state index contributed by atoms with van der Waals surface area (Å²) in [6.45, 7) is 3.58. The molecule has 0 saturated carbocycles. The van der Waals surface area contributed by atoms with E-state index in [1.807, 2.05) is 6.92 Å². The monoisotopic (exact) mass is 605 g/mol. The van der Waals surface area contributed by atoms with Crippen molar-refractivity contribution in [1.29, 1.82) is 0 Å². The SMILES string of the molecule is CCCCNC(=O)[C@H](C)N(Cc1cccc(Cl)c1)C(=O)CN(c1cccc(Cl)c1)S(=O)(=O)c1ccc(OC)cc1. The van der Waals surface area contributed by atoms with Gasteiger partial charge in [0.2, 0.25) is 11.8 Å². The van der Waals surface area contributed by atoms with Gasteiger partial charge in [-0.05, 0) is 73.5 Å². The number of ether oxygens (including phenoxy) is 1. The summed E-state index contributed by atoms with van der Waals surface area (Å²) < 4.78 is 33.9. The predicted molar refractivity (Wildman–Crippen MR) is 158 cm³/mol. The zero-order chi connectivity index (χ0) is 29.3. The van der Waals surface area contributed by atoms with Gasteiger partial charge in [-0.25, -0.2) is 8.42 Å². The summed E-state index contributed by atoms with van der Waals surface area (Å²) >= 11 is 12.4. The Hall–Kier alpha value is -3.27. The average molecular weight is 607 g/mol. The maximum atomic E-state index is 13.9. The molecule has 3 aromatic rings. The van der Waals surface area contributed by atoms with Crippen molar-refractivity contribution in [3.8, 4) is 5.75 Å². The first kappa shape index (κ1) is 31.3. The minimum Gasteiger partial charge on any atom is -0.497 e. The maximum absolute atomic E-state index is 13.9. The van der Waals surface area contributed by atoms with Crippen LogP contribution < -0.4 is 14.4 Å². The number of carbonyl (C=O) groups excluding carboxylic acids is 2. The minimum atomic E-state index is -4.22. The number of sulfonamides is 1. The van der Waals surface area contributed by atoms with E-state index in [1.165, 1.54) is 42.3 Å². The summed E-state index contributed by atoms with van der Waals surface area (Å²) in [5.74, 6) is -0.425. The van der Waals surface area contributed by atoms with Crippen molar-refractivity contribution in [3.05, 3.63) is 88.4 Å². The van der Waals surface area contributed by atoms with Crippen LogP contribution in [0.15, 0.2) is 77.7 Å². The van der Waals surface area contributed by atoms with E-state index in [9.17, 15) is 18.0 Å². The highest BCUT2D eigenvalue weighted by Crippen LogP contribution is 2.28. The number of nitrogens with zero attached hydrogens (tertiary/aromatic N) is 2. The molecule has 0 aromatic heterocycles. The second-order valence-electron chi connectivity index (χ2n) is 9.14. The van der Waals surface area contributed by atoms with Gasteiger partial charge in [-0.3, -0.25) is 13.9 Å². The minimum absolute atomic E-state index is 0.0344. The number of anilines is 1. The number of hydrogen-bond donors (Lipinski definition) is 1. The van der Waals surface area contributed by atoms with Gasteiger partial charge < -0.3 is 15.0 Å². The van der Waals surface area contributed by atoms with Crippen LogP contribution in [0.4, 0.5) is 5.69 Å². The number of rotatable bonds is 13. The van der Waals surface area contributed by atoms with Crippen molar-refractivity contribution >= 4 is 50.7 Å². The molecule has 0 aliphatic heterocycles. The Balaban J connectivity index is 2.00. The first-order valence-electron chi connectivity index (χ1n) is 12.8. The van der Waals surface area contributed by atoms with E-state index in [0.717, 1.165) is 17.1 Å². The van der Waals surface area contributed by atoms with Gasteiger partial charge in [0, 0.05) is 23.1 Å². The highest BCUT2D eigenvalue weighted by molar-refractivity contribution is 7.92. The molecule has 0 spiro atoms. The highest BCUT2D eigenvalue weighted by atomic mass is 35.5. The van der Waals surface area contributed by atoms with Crippen LogP contribution in [-0.2, 0) is 26.2 Å². The third-order valence-electron chi connectivity index (χ3n) is 6.26. The predicted octanol–water partition coefficient (Wildman–Crippen LogP) is 5.53. The number of hydrogen-bond acceptors (Lipinski definition) is 5. The van der Waals surface area contributed by atoms with Crippen LogP contribution in [0.1, 0.15) is 32.3 Å². The Labute approximate surface area is 245 Å². The van der Waals surface area contributed by atoms with E-state index in [0.29, 0.717) is 27.9 Å². The van der Waals surface area contributed by atoms with Crippen LogP contribution in [0.2, 0.25) is 10.0 Å². The Morgan fingerprint density at radius 1 is 0.975 bits per heavy atom. The van der Waals surface area contributed by atoms with Crippen molar-refractivity contribution in [3.63, 3.8) is 0 Å². The van der Waals surface area contributed by atoms with E-state index >= 15 is 0 Å². The van der Waals surface area contributed by atoms with Crippen molar-refractivity contribution in [1.82, 2.24) is 10.2 Å². The number of amides is 2. The molecule has 2 amide bonds. The molecular formula is C29H33Cl2N3O5S. The molecule has 1 atom stereocenters. The number of carbonyl (C=O) groups is 2. The summed E-state index contributed by atoms with van der Waals surface area (Å²) in [6, 6.07) is 18.2. The Morgan fingerprint density at radius 3 is 2.23 bits per heavy atom. The third kappa shape index (κ3) is 8.13. The molecule has 0 radical (unpaired) electrons. The lowest BCUT2D eigenvalue weighted by Crippen LogP contribution is -2.51. The van der Waals surface area contributed by atoms with Crippen LogP contribution in [0, 0.1) is 0 Å². The number of nitrogens with one attached hydrogen (secondary N) is 1. The summed E-state index contributed by atoms with van der Waals surface area (Å²) in [7, 11) is -2.74. The topological polar surface area (TPSA) is 96.0 Å². The molecule has 214 valence electrons. The Kier molecular flexibility index (Phi) is 11.2. The van der Waals surface area contributed by atoms with Crippen LogP contribution in [-0.4, -0.2) is 51.4 Å². The van der Waals surface area contributed by atoms with E-state index in [4.69, 9.17) is 27.9 Å². The third-order valence-corrected chi connectivity index (χ3v) is 8.52. The first-order valence-corrected chi connectivity index (χ1v) is 15.0. The second-order valence-corrected chi connectivity index (χ2v) is 11.9. The summed E-state index contributed by atoms with van der Waals surface area (Å²) in [4.78, 5) is 28.2. The van der Waals surface area contributed by atoms with E-state index < -0.39 is 28.5 Å². The van der Waals surface area contributed by atoms with Gasteiger partial charge in [-0.1, -0.05) is 54.7 Å². The van der Waals surface area contributed by atoms with Crippen molar-refractivity contribution in [2.24, 2.45) is 0 Å². The average Bonchev–Trinajstić information content (AvgIpc) is 2.94. The lowest BCUT2D eigenvalue weighted by atomic mass is 10.1. The fraction of sp³-hybridized carbons (Fsp3) is 0.310. The van der Waals surface area contributed by atoms with Crippen LogP contribution >= 0.6 is 23.2 Å². The smallest absolute Gasteiger partial charge is 0.264 e. The molecule has 3 aromatic carbocycles. The largest absolute Gasteiger partial charge is 0.497 e.